The number of para-hydroxylation sites is 2. The Morgan fingerprint density at radius 1 is 0.810 bits per heavy atom. The lowest BCUT2D eigenvalue weighted by atomic mass is 9.72. The highest BCUT2D eigenvalue weighted by Crippen LogP contribution is 2.40. The molecule has 58 heavy (non-hydrogen) atoms. The summed E-state index contributed by atoms with van der Waals surface area (Å²) < 4.78 is 15.0. The van der Waals surface area contributed by atoms with Crippen LogP contribution in [0.5, 0.6) is 0 Å². The summed E-state index contributed by atoms with van der Waals surface area (Å²) in [5, 5.41) is 10.3. The summed E-state index contributed by atoms with van der Waals surface area (Å²) >= 11 is 0. The van der Waals surface area contributed by atoms with Crippen molar-refractivity contribution in [3.63, 3.8) is 0 Å². The molecule has 4 N–H and O–H groups in total. The first-order valence-electron chi connectivity index (χ1n) is 18.9. The number of ether oxygens (including phenoxy) is 3. The predicted molar refractivity (Wildman–Crippen MR) is 222 cm³/mol. The molecule has 0 radical (unpaired) electrons. The van der Waals surface area contributed by atoms with E-state index < -0.39 is 43.3 Å². The summed E-state index contributed by atoms with van der Waals surface area (Å²) in [6.45, 7) is 9.71. The Labute approximate surface area is 339 Å². The number of benzene rings is 2. The number of hydrogen-bond donors (Lipinski definition) is 4. The van der Waals surface area contributed by atoms with Crippen molar-refractivity contribution in [2.75, 3.05) is 24.0 Å². The molecule has 1 aromatic heterocycles. The molecule has 1 heterocycles. The molecule has 0 unspecified atom stereocenters. The fourth-order valence-electron chi connectivity index (χ4n) is 5.97. The molecule has 4 rings (SSSR count). The van der Waals surface area contributed by atoms with Crippen molar-refractivity contribution in [3.05, 3.63) is 148 Å². The molecule has 13 nitrogen and oxygen atoms in total. The summed E-state index contributed by atoms with van der Waals surface area (Å²) in [4.78, 5) is 66.0. The van der Waals surface area contributed by atoms with E-state index in [2.05, 4.69) is 59.2 Å². The van der Waals surface area contributed by atoms with E-state index in [4.69, 9.17) is 14.2 Å². The first kappa shape index (κ1) is 44.0. The van der Waals surface area contributed by atoms with Crippen LogP contribution in [0.25, 0.3) is 0 Å². The fraction of sp³-hybridized carbons (Fsp3) is 0.289. The Bertz CT molecular complexity index is 2080. The van der Waals surface area contributed by atoms with Crippen molar-refractivity contribution in [2.24, 2.45) is 5.41 Å². The van der Waals surface area contributed by atoms with Crippen LogP contribution in [0.4, 0.5) is 21.0 Å². The second-order valence-electron chi connectivity index (χ2n) is 14.3. The second-order valence-corrected chi connectivity index (χ2v) is 14.3. The highest BCUT2D eigenvalue weighted by Gasteiger charge is 2.26. The number of rotatable bonds is 16. The molecule has 1 aliphatic rings. The lowest BCUT2D eigenvalue weighted by molar-refractivity contribution is -0.145. The van der Waals surface area contributed by atoms with Crippen LogP contribution >= 0.6 is 0 Å². The van der Waals surface area contributed by atoms with Crippen molar-refractivity contribution >= 4 is 41.3 Å². The quantitative estimate of drug-likeness (QED) is 0.0481. The molecule has 13 heteroatoms. The third kappa shape index (κ3) is 15.1. The predicted octanol–water partition coefficient (Wildman–Crippen LogP) is 8.46. The first-order chi connectivity index (χ1) is 27.8. The maximum atomic E-state index is 13.0. The topological polar surface area (TPSA) is 174 Å². The molecule has 2 aromatic carbocycles. The summed E-state index contributed by atoms with van der Waals surface area (Å²) in [5.41, 5.74) is 7.19. The Kier molecular flexibility index (Phi) is 16.8. The number of amides is 4. The third-order valence-corrected chi connectivity index (χ3v) is 9.10. The van der Waals surface area contributed by atoms with Gasteiger partial charge >= 0.3 is 18.2 Å². The molecule has 0 saturated heterocycles. The van der Waals surface area contributed by atoms with E-state index >= 15 is 0 Å². The summed E-state index contributed by atoms with van der Waals surface area (Å²) in [5.74, 6) is -1.73. The van der Waals surface area contributed by atoms with Gasteiger partial charge in [-0.05, 0) is 92.5 Å². The Morgan fingerprint density at radius 3 is 2.24 bits per heavy atom. The van der Waals surface area contributed by atoms with Crippen molar-refractivity contribution < 1.29 is 38.2 Å². The average Bonchev–Trinajstić information content (AvgIpc) is 3.19. The van der Waals surface area contributed by atoms with Gasteiger partial charge < -0.3 is 35.5 Å². The third-order valence-electron chi connectivity index (χ3n) is 9.10. The van der Waals surface area contributed by atoms with Gasteiger partial charge in [0.05, 0.1) is 11.4 Å². The number of nitrogens with zero attached hydrogens (tertiary/aromatic N) is 1. The number of carbonyl (C=O) groups excluding carboxylic acids is 5. The largest absolute Gasteiger partial charge is 0.445 e. The van der Waals surface area contributed by atoms with Gasteiger partial charge in [0.1, 0.15) is 13.2 Å². The molecule has 4 amide bonds. The monoisotopic (exact) mass is 789 g/mol. The number of aromatic nitrogens is 1. The van der Waals surface area contributed by atoms with Crippen LogP contribution in [0.1, 0.15) is 75.4 Å². The Morgan fingerprint density at radius 2 is 1.53 bits per heavy atom. The molecule has 0 fully saturated rings. The van der Waals surface area contributed by atoms with Crippen LogP contribution in [0, 0.1) is 5.41 Å². The van der Waals surface area contributed by atoms with Gasteiger partial charge in [0, 0.05) is 36.1 Å². The van der Waals surface area contributed by atoms with Crippen LogP contribution in [-0.2, 0) is 37.0 Å². The number of hydrogen-bond acceptors (Lipinski definition) is 9. The average molecular weight is 790 g/mol. The van der Waals surface area contributed by atoms with E-state index in [-0.39, 0.29) is 18.6 Å². The van der Waals surface area contributed by atoms with Gasteiger partial charge in [0.2, 0.25) is 12.7 Å². The minimum atomic E-state index is -0.971. The van der Waals surface area contributed by atoms with Crippen LogP contribution in [0.15, 0.2) is 132 Å². The molecule has 0 aliphatic heterocycles. The van der Waals surface area contributed by atoms with E-state index in [9.17, 15) is 24.0 Å². The normalized spacial score (nSPS) is 14.2. The first-order valence-corrected chi connectivity index (χ1v) is 18.9. The van der Waals surface area contributed by atoms with Crippen molar-refractivity contribution in [2.45, 2.75) is 67.0 Å². The van der Waals surface area contributed by atoms with Crippen LogP contribution in [-0.4, -0.2) is 48.3 Å². The van der Waals surface area contributed by atoms with Gasteiger partial charge in [0.25, 0.3) is 5.91 Å². The van der Waals surface area contributed by atoms with E-state index in [1.54, 1.807) is 86.1 Å². The van der Waals surface area contributed by atoms with Gasteiger partial charge in [-0.25, -0.2) is 14.4 Å². The number of allylic oxidation sites excluding steroid dienone is 9. The molecular formula is C45H51N5O8. The number of esters is 1. The van der Waals surface area contributed by atoms with Gasteiger partial charge in [-0.15, -0.1) is 0 Å². The minimum Gasteiger partial charge on any atom is -0.445 e. The zero-order chi connectivity index (χ0) is 41.9. The van der Waals surface area contributed by atoms with Crippen molar-refractivity contribution in [1.29, 1.82) is 0 Å². The smallest absolute Gasteiger partial charge is 0.410 e. The molecule has 1 aliphatic carbocycles. The van der Waals surface area contributed by atoms with Gasteiger partial charge in [0.15, 0.2) is 0 Å². The van der Waals surface area contributed by atoms with Crippen molar-refractivity contribution in [3.8, 4) is 0 Å². The second kappa shape index (κ2) is 22.1. The van der Waals surface area contributed by atoms with Crippen LogP contribution < -0.4 is 21.3 Å². The minimum absolute atomic E-state index is 0.0919. The number of alkyl carbamates (subject to hydrolysis) is 2. The maximum Gasteiger partial charge on any atom is 0.410 e. The Hall–Kier alpha value is -6.76. The lowest BCUT2D eigenvalue weighted by Crippen LogP contribution is -2.34. The number of carbonyl (C=O) groups is 5. The van der Waals surface area contributed by atoms with E-state index in [0.717, 1.165) is 23.1 Å². The SMILES string of the molecule is CC(C=CC1=C(C)CCCC1(C)C)=CC=CC(C)=CC(=O)OCOC(=O)NCC(=O)Nc1ccccc1NC(=O)c1ccc(CNC(=O)OCc2cccnc2)cc1. The maximum absolute atomic E-state index is 13.0. The van der Waals surface area contributed by atoms with E-state index in [0.29, 0.717) is 22.5 Å². The summed E-state index contributed by atoms with van der Waals surface area (Å²) in [6.07, 6.45) is 16.4. The number of pyridine rings is 1. The van der Waals surface area contributed by atoms with E-state index in [1.807, 2.05) is 19.1 Å². The molecule has 0 saturated carbocycles. The standard InChI is InChI=1S/C45H51N5O8/c1-31(17-22-37-33(3)13-9-23-45(37,4)5)11-8-12-32(2)25-41(52)57-30-58-44(55)48-28-40(51)49-38-15-6-7-16-39(38)50-42(53)36-20-18-34(19-21-36)27-47-43(54)56-29-35-14-10-24-46-26-35/h6-8,10-12,14-22,24-26H,9,13,23,27-30H2,1-5H3,(H,47,54)(H,48,55)(H,49,51)(H,50,53). The molecule has 0 bridgehead atoms. The molecule has 0 spiro atoms. The highest BCUT2D eigenvalue weighted by atomic mass is 16.7. The Balaban J connectivity index is 1.14. The van der Waals surface area contributed by atoms with E-state index in [1.165, 1.54) is 30.1 Å². The highest BCUT2D eigenvalue weighted by molar-refractivity contribution is 6.07. The summed E-state index contributed by atoms with van der Waals surface area (Å²) in [6, 6.07) is 16.7. The number of anilines is 2. The zero-order valence-electron chi connectivity index (χ0n) is 33.6. The summed E-state index contributed by atoms with van der Waals surface area (Å²) in [7, 11) is 0. The fourth-order valence-corrected chi connectivity index (χ4v) is 5.97. The van der Waals surface area contributed by atoms with Gasteiger partial charge in [-0.1, -0.05) is 85.7 Å². The zero-order valence-corrected chi connectivity index (χ0v) is 33.6. The molecule has 3 aromatic rings. The lowest BCUT2D eigenvalue weighted by Gasteiger charge is -2.32. The molecular weight excluding hydrogens is 739 g/mol. The number of nitrogens with one attached hydrogen (secondary N) is 4. The van der Waals surface area contributed by atoms with Gasteiger partial charge in [-0.2, -0.15) is 0 Å². The van der Waals surface area contributed by atoms with Crippen LogP contribution in [0.2, 0.25) is 0 Å². The molecule has 304 valence electrons. The molecule has 0 atom stereocenters. The van der Waals surface area contributed by atoms with Crippen molar-refractivity contribution in [1.82, 2.24) is 15.6 Å². The van der Waals surface area contributed by atoms with Crippen LogP contribution in [0.3, 0.4) is 0 Å². The van der Waals surface area contributed by atoms with Gasteiger partial charge in [-0.3, -0.25) is 14.6 Å².